The van der Waals surface area contributed by atoms with Crippen molar-refractivity contribution in [2.24, 2.45) is 5.41 Å². The lowest BCUT2D eigenvalue weighted by Crippen LogP contribution is -2.31. The van der Waals surface area contributed by atoms with Crippen LogP contribution in [0.25, 0.3) is 16.6 Å². The quantitative estimate of drug-likeness (QED) is 0.428. The van der Waals surface area contributed by atoms with Gasteiger partial charge in [0.25, 0.3) is 0 Å². The summed E-state index contributed by atoms with van der Waals surface area (Å²) in [4.78, 5) is 4.92. The topological polar surface area (TPSA) is 83.8 Å². The number of fused-ring (bicyclic) bond motifs is 1. The Labute approximate surface area is 207 Å². The third kappa shape index (κ3) is 3.91. The van der Waals surface area contributed by atoms with Gasteiger partial charge in [-0.05, 0) is 69.2 Å². The molecule has 9 heteroatoms. The molecule has 1 aliphatic carbocycles. The average molecular weight is 488 g/mol. The van der Waals surface area contributed by atoms with Crippen LogP contribution < -0.4 is 5.32 Å². The largest absolute Gasteiger partial charge is 0.316 e. The molecular formula is C26H26FN7S. The van der Waals surface area contributed by atoms with Crippen molar-refractivity contribution in [1.29, 1.82) is 5.26 Å². The van der Waals surface area contributed by atoms with Crippen LogP contribution >= 0.6 is 11.8 Å². The van der Waals surface area contributed by atoms with Gasteiger partial charge in [0.05, 0.1) is 29.5 Å². The number of rotatable bonds is 4. The van der Waals surface area contributed by atoms with E-state index in [2.05, 4.69) is 33.1 Å². The predicted molar refractivity (Wildman–Crippen MR) is 132 cm³/mol. The number of aromatic nitrogens is 5. The molecule has 0 radical (unpaired) electrons. The van der Waals surface area contributed by atoms with E-state index in [1.54, 1.807) is 23.0 Å². The van der Waals surface area contributed by atoms with E-state index in [1.165, 1.54) is 37.1 Å². The van der Waals surface area contributed by atoms with Gasteiger partial charge in [0.2, 0.25) is 0 Å². The molecule has 4 aromatic heterocycles. The third-order valence-corrected chi connectivity index (χ3v) is 8.70. The molecule has 4 aromatic rings. The number of hydrogen-bond donors (Lipinski definition) is 1. The number of nitriles is 1. The molecule has 2 fully saturated rings. The van der Waals surface area contributed by atoms with E-state index in [1.807, 2.05) is 18.5 Å². The molecule has 1 saturated heterocycles. The molecule has 0 aromatic carbocycles. The molecule has 0 bridgehead atoms. The van der Waals surface area contributed by atoms with Crippen molar-refractivity contribution < 1.29 is 4.39 Å². The monoisotopic (exact) mass is 487 g/mol. The third-order valence-electron chi connectivity index (χ3n) is 7.68. The first kappa shape index (κ1) is 22.3. The van der Waals surface area contributed by atoms with E-state index in [9.17, 15) is 9.65 Å². The zero-order chi connectivity index (χ0) is 24.0. The fraction of sp³-hybridized carbons (Fsp3) is 0.385. The van der Waals surface area contributed by atoms with Crippen LogP contribution in [0.2, 0.25) is 0 Å². The van der Waals surface area contributed by atoms with E-state index in [0.717, 1.165) is 47.6 Å². The lowest BCUT2D eigenvalue weighted by atomic mass is 9.72. The highest BCUT2D eigenvalue weighted by atomic mass is 32.2. The average Bonchev–Trinajstić information content (AvgIpc) is 3.60. The highest BCUT2D eigenvalue weighted by molar-refractivity contribution is 7.99. The molecular weight excluding hydrogens is 461 g/mol. The van der Waals surface area contributed by atoms with Crippen molar-refractivity contribution in [2.75, 3.05) is 13.1 Å². The van der Waals surface area contributed by atoms with Gasteiger partial charge in [-0.15, -0.1) is 0 Å². The Hall–Kier alpha value is -3.22. The lowest BCUT2D eigenvalue weighted by molar-refractivity contribution is 0.165. The minimum absolute atomic E-state index is 0.265. The first-order valence-corrected chi connectivity index (χ1v) is 12.8. The molecule has 6 rings (SSSR count). The van der Waals surface area contributed by atoms with Crippen molar-refractivity contribution in [3.05, 3.63) is 60.1 Å². The zero-order valence-corrected chi connectivity index (χ0v) is 20.4. The van der Waals surface area contributed by atoms with Crippen molar-refractivity contribution in [3.8, 4) is 17.2 Å². The van der Waals surface area contributed by atoms with E-state index in [0.29, 0.717) is 22.5 Å². The second-order valence-electron chi connectivity index (χ2n) is 9.69. The summed E-state index contributed by atoms with van der Waals surface area (Å²) in [7, 11) is 0. The molecule has 1 N–H and O–H groups in total. The molecule has 2 aliphatic rings. The normalized spacial score (nSPS) is 22.1. The molecule has 0 unspecified atom stereocenters. The van der Waals surface area contributed by atoms with Crippen molar-refractivity contribution in [3.63, 3.8) is 0 Å². The van der Waals surface area contributed by atoms with Gasteiger partial charge in [-0.3, -0.25) is 4.68 Å². The Morgan fingerprint density at radius 3 is 2.83 bits per heavy atom. The van der Waals surface area contributed by atoms with E-state index in [4.69, 9.17) is 5.10 Å². The van der Waals surface area contributed by atoms with Crippen LogP contribution in [0, 0.1) is 29.5 Å². The Balaban J connectivity index is 1.36. The number of pyridine rings is 2. The molecule has 1 aliphatic heterocycles. The number of halogens is 1. The maximum Gasteiger partial charge on any atom is 0.155 e. The summed E-state index contributed by atoms with van der Waals surface area (Å²) in [6.45, 7) is 4.40. The van der Waals surface area contributed by atoms with Gasteiger partial charge in [-0.25, -0.2) is 13.9 Å². The van der Waals surface area contributed by atoms with E-state index < -0.39 is 5.82 Å². The molecule has 0 atom stereocenters. The highest BCUT2D eigenvalue weighted by Crippen LogP contribution is 2.45. The van der Waals surface area contributed by atoms with Crippen molar-refractivity contribution in [2.45, 2.75) is 55.0 Å². The van der Waals surface area contributed by atoms with Gasteiger partial charge in [0.15, 0.2) is 5.82 Å². The van der Waals surface area contributed by atoms with Gasteiger partial charge >= 0.3 is 0 Å². The fourth-order valence-corrected chi connectivity index (χ4v) is 6.67. The van der Waals surface area contributed by atoms with Crippen molar-refractivity contribution in [1.82, 2.24) is 29.7 Å². The van der Waals surface area contributed by atoms with Crippen LogP contribution in [0.15, 0.2) is 52.9 Å². The summed E-state index contributed by atoms with van der Waals surface area (Å²) in [5, 5.41) is 22.6. The minimum Gasteiger partial charge on any atom is -0.316 e. The highest BCUT2D eigenvalue weighted by Gasteiger charge is 2.38. The summed E-state index contributed by atoms with van der Waals surface area (Å²) < 4.78 is 18.3. The van der Waals surface area contributed by atoms with Gasteiger partial charge in [-0.1, -0.05) is 11.8 Å². The van der Waals surface area contributed by atoms with Gasteiger partial charge < -0.3 is 5.32 Å². The Morgan fingerprint density at radius 1 is 1.23 bits per heavy atom. The molecule has 178 valence electrons. The summed E-state index contributed by atoms with van der Waals surface area (Å²) in [5.41, 5.74) is 4.64. The van der Waals surface area contributed by atoms with Crippen LogP contribution in [-0.2, 0) is 0 Å². The molecule has 35 heavy (non-hydrogen) atoms. The first-order valence-electron chi connectivity index (χ1n) is 12.0. The van der Waals surface area contributed by atoms with Crippen LogP contribution in [0.5, 0.6) is 0 Å². The Bertz CT molecular complexity index is 1430. The summed E-state index contributed by atoms with van der Waals surface area (Å²) in [6, 6.07) is 7.56. The summed E-state index contributed by atoms with van der Waals surface area (Å²) in [6.07, 6.45) is 13.0. The number of nitrogens with one attached hydrogen (secondary N) is 1. The first-order chi connectivity index (χ1) is 17.1. The van der Waals surface area contributed by atoms with Crippen LogP contribution in [0.3, 0.4) is 0 Å². The Morgan fingerprint density at radius 2 is 2.09 bits per heavy atom. The molecule has 1 saturated carbocycles. The molecule has 7 nitrogen and oxygen atoms in total. The number of nitrogens with zero attached hydrogens (tertiary/aromatic N) is 6. The molecule has 5 heterocycles. The maximum absolute atomic E-state index is 14.4. The molecule has 0 amide bonds. The lowest BCUT2D eigenvalue weighted by Gasteiger charge is -2.37. The fourth-order valence-electron chi connectivity index (χ4n) is 5.70. The van der Waals surface area contributed by atoms with E-state index in [-0.39, 0.29) is 5.03 Å². The smallest absolute Gasteiger partial charge is 0.155 e. The second kappa shape index (κ2) is 8.77. The van der Waals surface area contributed by atoms with E-state index >= 15 is 0 Å². The standard InChI is InChI=1S/C26H26FN7S/c1-17-21(14-32-34(17)20-4-6-26(7-5-20)8-10-29-16-26)18-11-23(35-25-22(27)3-2-9-30-25)24-19(12-28)13-31-33(24)15-18/h2-3,9,11,13-15,20,29H,4-8,10,16H2,1H3. The van der Waals surface area contributed by atoms with Crippen LogP contribution in [0.1, 0.15) is 49.4 Å². The summed E-state index contributed by atoms with van der Waals surface area (Å²) >= 11 is 1.21. The zero-order valence-electron chi connectivity index (χ0n) is 19.5. The van der Waals surface area contributed by atoms with Crippen LogP contribution in [0.4, 0.5) is 4.39 Å². The number of hydrogen-bond acceptors (Lipinski definition) is 6. The van der Waals surface area contributed by atoms with Gasteiger partial charge in [0.1, 0.15) is 11.1 Å². The van der Waals surface area contributed by atoms with Gasteiger partial charge in [0, 0.05) is 40.7 Å². The second-order valence-corrected chi connectivity index (χ2v) is 10.7. The van der Waals surface area contributed by atoms with Crippen molar-refractivity contribution >= 4 is 17.3 Å². The SMILES string of the molecule is Cc1c(-c2cc(Sc3ncccc3F)c3c(C#N)cnn3c2)cnn1C1CCC2(CCNC2)CC1. The van der Waals surface area contributed by atoms with Gasteiger partial charge in [-0.2, -0.15) is 15.5 Å². The van der Waals surface area contributed by atoms with Crippen LogP contribution in [-0.4, -0.2) is 37.5 Å². The minimum atomic E-state index is -0.393. The molecule has 1 spiro atoms. The predicted octanol–water partition coefficient (Wildman–Crippen LogP) is 5.16. The maximum atomic E-state index is 14.4. The Kier molecular flexibility index (Phi) is 5.58. The summed E-state index contributed by atoms with van der Waals surface area (Å²) in [5.74, 6) is -0.393.